The maximum Gasteiger partial charge on any atom is 0.111 e. The number of hydrogen-bond donors (Lipinski definition) is 1. The van der Waals surface area contributed by atoms with E-state index in [4.69, 9.17) is 0 Å². The van der Waals surface area contributed by atoms with Crippen molar-refractivity contribution in [3.8, 4) is 0 Å². The lowest BCUT2D eigenvalue weighted by Crippen LogP contribution is -2.43. The Morgan fingerprint density at radius 2 is 2.38 bits per heavy atom. The van der Waals surface area contributed by atoms with E-state index in [-0.39, 0.29) is 6.04 Å². The summed E-state index contributed by atoms with van der Waals surface area (Å²) in [6.07, 6.45) is 4.89. The van der Waals surface area contributed by atoms with Gasteiger partial charge in [0.15, 0.2) is 0 Å². The minimum absolute atomic E-state index is 0.258. The molecule has 90 valence electrons. The number of nitrogens with zero attached hydrogens (tertiary/aromatic N) is 3. The molecule has 1 aliphatic rings. The van der Waals surface area contributed by atoms with Gasteiger partial charge in [0.1, 0.15) is 6.10 Å². The highest BCUT2D eigenvalue weighted by molar-refractivity contribution is 5.07. The van der Waals surface area contributed by atoms with Gasteiger partial charge in [-0.3, -0.25) is 9.58 Å². The van der Waals surface area contributed by atoms with Crippen LogP contribution in [0.1, 0.15) is 38.0 Å². The predicted molar refractivity (Wildman–Crippen MR) is 63.1 cm³/mol. The maximum absolute atomic E-state index is 10.4. The average Bonchev–Trinajstić information content (AvgIpc) is 2.74. The molecule has 0 radical (unpaired) electrons. The molecule has 1 fully saturated rings. The van der Waals surface area contributed by atoms with E-state index in [1.54, 1.807) is 10.9 Å². The first-order valence-electron chi connectivity index (χ1n) is 6.14. The van der Waals surface area contributed by atoms with Crippen LogP contribution in [0.4, 0.5) is 0 Å². The van der Waals surface area contributed by atoms with Crippen LogP contribution < -0.4 is 0 Å². The number of likely N-dealkylation sites (tertiary alicyclic amines) is 1. The van der Waals surface area contributed by atoms with Gasteiger partial charge in [-0.25, -0.2) is 0 Å². The Kier molecular flexibility index (Phi) is 3.61. The zero-order valence-electron chi connectivity index (χ0n) is 10.1. The summed E-state index contributed by atoms with van der Waals surface area (Å²) in [5, 5.41) is 14.5. The summed E-state index contributed by atoms with van der Waals surface area (Å²) in [4.78, 5) is 2.38. The third-order valence-corrected chi connectivity index (χ3v) is 3.60. The van der Waals surface area contributed by atoms with Gasteiger partial charge < -0.3 is 5.11 Å². The number of piperidine rings is 1. The molecule has 1 aromatic rings. The Hall–Kier alpha value is -0.870. The molecule has 1 N–H and O–H groups in total. The Bertz CT molecular complexity index is 337. The van der Waals surface area contributed by atoms with Gasteiger partial charge in [0, 0.05) is 19.3 Å². The van der Waals surface area contributed by atoms with Crippen LogP contribution in [0, 0.1) is 0 Å². The number of aromatic nitrogens is 2. The molecule has 0 spiro atoms. The summed E-state index contributed by atoms with van der Waals surface area (Å²) in [5.74, 6) is 0. The van der Waals surface area contributed by atoms with Gasteiger partial charge in [0.2, 0.25) is 0 Å². The Morgan fingerprint density at radius 1 is 1.56 bits per heavy atom. The van der Waals surface area contributed by atoms with Crippen LogP contribution in [0.15, 0.2) is 12.3 Å². The third kappa shape index (κ3) is 2.13. The molecule has 2 rings (SSSR count). The van der Waals surface area contributed by atoms with E-state index in [2.05, 4.69) is 16.9 Å². The van der Waals surface area contributed by atoms with Crippen LogP contribution in [-0.4, -0.2) is 38.9 Å². The minimum Gasteiger partial charge on any atom is -0.385 e. The second-order valence-corrected chi connectivity index (χ2v) is 4.52. The summed E-state index contributed by atoms with van der Waals surface area (Å²) in [5.41, 5.74) is 0.922. The molecule has 1 saturated heterocycles. The highest BCUT2D eigenvalue weighted by Gasteiger charge is 2.29. The highest BCUT2D eigenvalue weighted by atomic mass is 16.3. The van der Waals surface area contributed by atoms with Crippen LogP contribution >= 0.6 is 0 Å². The molecule has 0 aromatic carbocycles. The normalized spacial score (nSPS) is 24.6. The summed E-state index contributed by atoms with van der Waals surface area (Å²) in [6.45, 7) is 4.28. The second-order valence-electron chi connectivity index (χ2n) is 4.52. The zero-order chi connectivity index (χ0) is 11.5. The van der Waals surface area contributed by atoms with Gasteiger partial charge >= 0.3 is 0 Å². The number of aliphatic hydroxyl groups excluding tert-OH is 1. The molecule has 4 nitrogen and oxygen atoms in total. The van der Waals surface area contributed by atoms with Crippen LogP contribution in [0.5, 0.6) is 0 Å². The summed E-state index contributed by atoms with van der Waals surface area (Å²) in [7, 11) is 1.89. The van der Waals surface area contributed by atoms with Gasteiger partial charge in [0.05, 0.1) is 5.69 Å². The Morgan fingerprint density at radius 3 is 3.00 bits per heavy atom. The molecule has 4 heteroatoms. The van der Waals surface area contributed by atoms with E-state index in [0.29, 0.717) is 0 Å². The SMILES string of the molecule is CCN1CCCC[C@H]1[C@@H](O)c1ccnn1C. The van der Waals surface area contributed by atoms with Crippen molar-refractivity contribution in [2.45, 2.75) is 38.3 Å². The number of aliphatic hydroxyl groups is 1. The van der Waals surface area contributed by atoms with Crippen molar-refractivity contribution in [1.29, 1.82) is 0 Å². The molecule has 0 amide bonds. The standard InChI is InChI=1S/C12H21N3O/c1-3-15-9-5-4-6-11(15)12(16)10-7-8-13-14(10)2/h7-8,11-12,16H,3-6,9H2,1-2H3/t11-,12-/m0/s1. The summed E-state index contributed by atoms with van der Waals surface area (Å²) in [6, 6.07) is 2.17. The van der Waals surface area contributed by atoms with Crippen LogP contribution in [-0.2, 0) is 7.05 Å². The smallest absolute Gasteiger partial charge is 0.111 e. The fourth-order valence-electron chi connectivity index (χ4n) is 2.64. The fourth-order valence-corrected chi connectivity index (χ4v) is 2.64. The summed E-state index contributed by atoms with van der Waals surface area (Å²) < 4.78 is 1.77. The first-order chi connectivity index (χ1) is 7.74. The molecule has 0 saturated carbocycles. The molecule has 0 aliphatic carbocycles. The predicted octanol–water partition coefficient (Wildman–Crippen LogP) is 1.33. The molecule has 1 aliphatic heterocycles. The largest absolute Gasteiger partial charge is 0.385 e. The number of likely N-dealkylation sites (N-methyl/N-ethyl adjacent to an activating group) is 1. The first-order valence-corrected chi connectivity index (χ1v) is 6.14. The van der Waals surface area contributed by atoms with Crippen molar-refractivity contribution in [1.82, 2.24) is 14.7 Å². The molecular weight excluding hydrogens is 202 g/mol. The quantitative estimate of drug-likeness (QED) is 0.840. The van der Waals surface area contributed by atoms with Crippen LogP contribution in [0.2, 0.25) is 0 Å². The number of rotatable bonds is 3. The molecular formula is C12H21N3O. The fraction of sp³-hybridized carbons (Fsp3) is 0.750. The van der Waals surface area contributed by atoms with Crippen molar-refractivity contribution in [3.05, 3.63) is 18.0 Å². The lowest BCUT2D eigenvalue weighted by molar-refractivity contribution is 0.0235. The molecule has 2 atom stereocenters. The van der Waals surface area contributed by atoms with Gasteiger partial charge in [-0.1, -0.05) is 13.3 Å². The lowest BCUT2D eigenvalue weighted by atomic mass is 9.95. The van der Waals surface area contributed by atoms with E-state index < -0.39 is 6.10 Å². The van der Waals surface area contributed by atoms with Crippen LogP contribution in [0.25, 0.3) is 0 Å². The Balaban J connectivity index is 2.13. The molecule has 1 aromatic heterocycles. The first kappa shape index (κ1) is 11.6. The van der Waals surface area contributed by atoms with Crippen molar-refractivity contribution in [2.24, 2.45) is 7.05 Å². The van der Waals surface area contributed by atoms with Gasteiger partial charge in [-0.15, -0.1) is 0 Å². The van der Waals surface area contributed by atoms with Crippen LogP contribution in [0.3, 0.4) is 0 Å². The van der Waals surface area contributed by atoms with Crippen molar-refractivity contribution < 1.29 is 5.11 Å². The topological polar surface area (TPSA) is 41.3 Å². The maximum atomic E-state index is 10.4. The summed E-state index contributed by atoms with van der Waals surface area (Å²) >= 11 is 0. The van der Waals surface area contributed by atoms with E-state index in [0.717, 1.165) is 25.2 Å². The minimum atomic E-state index is -0.409. The molecule has 16 heavy (non-hydrogen) atoms. The Labute approximate surface area is 96.9 Å². The zero-order valence-corrected chi connectivity index (χ0v) is 10.1. The van der Waals surface area contributed by atoms with Crippen molar-refractivity contribution >= 4 is 0 Å². The van der Waals surface area contributed by atoms with E-state index in [9.17, 15) is 5.11 Å². The van der Waals surface area contributed by atoms with E-state index >= 15 is 0 Å². The van der Waals surface area contributed by atoms with Gasteiger partial charge in [-0.2, -0.15) is 5.10 Å². The lowest BCUT2D eigenvalue weighted by Gasteiger charge is -2.37. The molecule has 0 unspecified atom stereocenters. The van der Waals surface area contributed by atoms with Gasteiger partial charge in [-0.05, 0) is 32.0 Å². The molecule has 0 bridgehead atoms. The van der Waals surface area contributed by atoms with Gasteiger partial charge in [0.25, 0.3) is 0 Å². The monoisotopic (exact) mass is 223 g/mol. The number of aryl methyl sites for hydroxylation is 1. The average molecular weight is 223 g/mol. The van der Waals surface area contributed by atoms with Crippen molar-refractivity contribution in [2.75, 3.05) is 13.1 Å². The number of hydrogen-bond acceptors (Lipinski definition) is 3. The third-order valence-electron chi connectivity index (χ3n) is 3.60. The molecule has 2 heterocycles. The second kappa shape index (κ2) is 4.97. The van der Waals surface area contributed by atoms with E-state index in [1.165, 1.54) is 12.8 Å². The van der Waals surface area contributed by atoms with E-state index in [1.807, 2.05) is 13.1 Å². The van der Waals surface area contributed by atoms with Crippen molar-refractivity contribution in [3.63, 3.8) is 0 Å². The highest BCUT2D eigenvalue weighted by Crippen LogP contribution is 2.27.